The third-order valence-electron chi connectivity index (χ3n) is 2.69. The van der Waals surface area contributed by atoms with Gasteiger partial charge in [0.05, 0.1) is 0 Å². The highest BCUT2D eigenvalue weighted by molar-refractivity contribution is 14.1. The quantitative estimate of drug-likeness (QED) is 0.823. The zero-order valence-electron chi connectivity index (χ0n) is 8.61. The second-order valence-electron chi connectivity index (χ2n) is 3.95. The largest absolute Gasteiger partial charge is 0.327 e. The summed E-state index contributed by atoms with van der Waals surface area (Å²) in [5, 5.41) is 0. The molecule has 3 heteroatoms. The van der Waals surface area contributed by atoms with Gasteiger partial charge in [0, 0.05) is 9.61 Å². The molecular formula is C12H15ClIN. The van der Waals surface area contributed by atoms with Crippen molar-refractivity contribution in [2.24, 2.45) is 11.7 Å². The Balaban J connectivity index is 0.00000112. The molecule has 2 atom stereocenters. The minimum absolute atomic E-state index is 0. The summed E-state index contributed by atoms with van der Waals surface area (Å²) in [4.78, 5) is 0. The molecule has 0 unspecified atom stereocenters. The monoisotopic (exact) mass is 335 g/mol. The van der Waals surface area contributed by atoms with E-state index in [1.54, 1.807) is 0 Å². The van der Waals surface area contributed by atoms with Gasteiger partial charge in [-0.05, 0) is 59.5 Å². The van der Waals surface area contributed by atoms with Crippen molar-refractivity contribution >= 4 is 41.1 Å². The molecule has 2 N–H and O–H groups in total. The van der Waals surface area contributed by atoms with Crippen LogP contribution in [0.3, 0.4) is 0 Å². The van der Waals surface area contributed by atoms with Crippen LogP contribution in [0.2, 0.25) is 0 Å². The summed E-state index contributed by atoms with van der Waals surface area (Å²) < 4.78 is 1.28. The minimum Gasteiger partial charge on any atom is -0.327 e. The predicted molar refractivity (Wildman–Crippen MR) is 76.1 cm³/mol. The summed E-state index contributed by atoms with van der Waals surface area (Å²) in [6.45, 7) is 2.18. The molecule has 0 spiro atoms. The maximum Gasteiger partial charge on any atom is 0.0130 e. The zero-order chi connectivity index (χ0) is 10.1. The van der Waals surface area contributed by atoms with Crippen LogP contribution in [0.1, 0.15) is 18.9 Å². The van der Waals surface area contributed by atoms with E-state index in [0.717, 1.165) is 6.42 Å². The molecule has 15 heavy (non-hydrogen) atoms. The lowest BCUT2D eigenvalue weighted by Gasteiger charge is -1.99. The van der Waals surface area contributed by atoms with Crippen LogP contribution in [0, 0.1) is 9.49 Å². The third kappa shape index (κ3) is 3.47. The highest BCUT2D eigenvalue weighted by Gasteiger charge is 2.34. The maximum absolute atomic E-state index is 5.80. The molecule has 2 rings (SSSR count). The molecule has 0 heterocycles. The summed E-state index contributed by atoms with van der Waals surface area (Å²) >= 11 is 2.32. The summed E-state index contributed by atoms with van der Waals surface area (Å²) in [7, 11) is 0. The molecule has 0 aromatic heterocycles. The second kappa shape index (κ2) is 5.32. The van der Waals surface area contributed by atoms with Crippen LogP contribution >= 0.6 is 35.0 Å². The molecule has 1 aliphatic rings. The van der Waals surface area contributed by atoms with Gasteiger partial charge in [0.25, 0.3) is 0 Å². The molecule has 0 amide bonds. The van der Waals surface area contributed by atoms with Gasteiger partial charge in [0.1, 0.15) is 0 Å². The Hall–Kier alpha value is -0.0600. The molecule has 1 aliphatic carbocycles. The average Bonchev–Trinajstić information content (AvgIpc) is 2.87. The number of benzene rings is 1. The van der Waals surface area contributed by atoms with Crippen LogP contribution in [0.15, 0.2) is 29.8 Å². The van der Waals surface area contributed by atoms with Crippen molar-refractivity contribution in [2.45, 2.75) is 19.4 Å². The maximum atomic E-state index is 5.80. The third-order valence-corrected chi connectivity index (χ3v) is 3.41. The molecular weight excluding hydrogens is 320 g/mol. The summed E-state index contributed by atoms with van der Waals surface area (Å²) in [5.41, 5.74) is 8.50. The molecule has 82 valence electrons. The van der Waals surface area contributed by atoms with Crippen LogP contribution in [-0.4, -0.2) is 6.04 Å². The highest BCUT2D eigenvalue weighted by Crippen LogP contribution is 2.35. The van der Waals surface area contributed by atoms with E-state index in [-0.39, 0.29) is 12.4 Å². The van der Waals surface area contributed by atoms with Gasteiger partial charge in [0.2, 0.25) is 0 Å². The van der Waals surface area contributed by atoms with Crippen LogP contribution in [0.5, 0.6) is 0 Å². The number of nitrogens with two attached hydrogens (primary N) is 1. The van der Waals surface area contributed by atoms with Gasteiger partial charge in [-0.15, -0.1) is 12.4 Å². The van der Waals surface area contributed by atoms with Crippen molar-refractivity contribution < 1.29 is 0 Å². The Morgan fingerprint density at radius 2 is 1.93 bits per heavy atom. The van der Waals surface area contributed by atoms with Crippen LogP contribution < -0.4 is 5.73 Å². The molecule has 1 nitrogen and oxygen atoms in total. The van der Waals surface area contributed by atoms with Crippen molar-refractivity contribution in [3.05, 3.63) is 39.0 Å². The normalized spacial score (nSPS) is 24.6. The molecule has 1 aromatic carbocycles. The first-order valence-electron chi connectivity index (χ1n) is 4.86. The first-order valence-corrected chi connectivity index (χ1v) is 5.94. The van der Waals surface area contributed by atoms with Gasteiger partial charge < -0.3 is 5.73 Å². The minimum atomic E-state index is 0. The first-order chi connectivity index (χ1) is 6.66. The highest BCUT2D eigenvalue weighted by atomic mass is 127. The Kier molecular flexibility index (Phi) is 4.62. The van der Waals surface area contributed by atoms with E-state index in [0.29, 0.717) is 12.0 Å². The SMILES string of the molecule is C/C(=C\c1ccc(I)cc1)[C@@H]1C[C@H]1N.Cl. The van der Waals surface area contributed by atoms with E-state index in [9.17, 15) is 0 Å². The van der Waals surface area contributed by atoms with E-state index in [1.807, 2.05) is 0 Å². The van der Waals surface area contributed by atoms with Gasteiger partial charge in [-0.3, -0.25) is 0 Å². The number of halogens is 2. The van der Waals surface area contributed by atoms with E-state index in [4.69, 9.17) is 5.73 Å². The molecule has 1 saturated carbocycles. The fourth-order valence-electron chi connectivity index (χ4n) is 1.67. The van der Waals surface area contributed by atoms with Crippen LogP contribution in [0.4, 0.5) is 0 Å². The van der Waals surface area contributed by atoms with Crippen molar-refractivity contribution in [2.75, 3.05) is 0 Å². The van der Waals surface area contributed by atoms with Gasteiger partial charge in [0.15, 0.2) is 0 Å². The molecule has 0 radical (unpaired) electrons. The molecule has 0 saturated heterocycles. The van der Waals surface area contributed by atoms with E-state index in [1.165, 1.54) is 14.7 Å². The van der Waals surface area contributed by atoms with Gasteiger partial charge in [-0.1, -0.05) is 23.8 Å². The summed E-state index contributed by atoms with van der Waals surface area (Å²) in [6.07, 6.45) is 3.40. The Bertz CT molecular complexity index is 358. The standard InChI is InChI=1S/C12H14IN.ClH/c1-8(11-7-12(11)14)6-9-2-4-10(13)5-3-9;/h2-6,11-12H,7,14H2,1H3;1H/b8-6+;/t11-,12+;/m0./s1. The Labute approximate surface area is 111 Å². The van der Waals surface area contributed by atoms with E-state index < -0.39 is 0 Å². The van der Waals surface area contributed by atoms with Crippen molar-refractivity contribution in [3.8, 4) is 0 Å². The average molecular weight is 336 g/mol. The fraction of sp³-hybridized carbons (Fsp3) is 0.333. The van der Waals surface area contributed by atoms with E-state index in [2.05, 4.69) is 59.9 Å². The fourth-order valence-corrected chi connectivity index (χ4v) is 2.03. The predicted octanol–water partition coefficient (Wildman–Crippen LogP) is 3.46. The molecule has 0 bridgehead atoms. The lowest BCUT2D eigenvalue weighted by Crippen LogP contribution is -2.02. The first kappa shape index (κ1) is 13.0. The smallest absolute Gasteiger partial charge is 0.0130 e. The number of hydrogen-bond donors (Lipinski definition) is 1. The Morgan fingerprint density at radius 3 is 2.40 bits per heavy atom. The molecule has 0 aliphatic heterocycles. The van der Waals surface area contributed by atoms with E-state index >= 15 is 0 Å². The van der Waals surface area contributed by atoms with Crippen molar-refractivity contribution in [3.63, 3.8) is 0 Å². The molecule has 1 aromatic rings. The number of rotatable bonds is 2. The van der Waals surface area contributed by atoms with Crippen molar-refractivity contribution in [1.82, 2.24) is 0 Å². The van der Waals surface area contributed by atoms with Gasteiger partial charge in [-0.2, -0.15) is 0 Å². The van der Waals surface area contributed by atoms with Crippen molar-refractivity contribution in [1.29, 1.82) is 0 Å². The summed E-state index contributed by atoms with van der Waals surface area (Å²) in [5.74, 6) is 0.634. The van der Waals surface area contributed by atoms with Gasteiger partial charge >= 0.3 is 0 Å². The molecule has 1 fully saturated rings. The number of hydrogen-bond acceptors (Lipinski definition) is 1. The lowest BCUT2D eigenvalue weighted by atomic mass is 10.1. The zero-order valence-corrected chi connectivity index (χ0v) is 11.6. The second-order valence-corrected chi connectivity index (χ2v) is 5.19. The topological polar surface area (TPSA) is 26.0 Å². The Morgan fingerprint density at radius 1 is 1.40 bits per heavy atom. The van der Waals surface area contributed by atoms with Gasteiger partial charge in [-0.25, -0.2) is 0 Å². The van der Waals surface area contributed by atoms with Crippen LogP contribution in [0.25, 0.3) is 6.08 Å². The summed E-state index contributed by atoms with van der Waals surface area (Å²) in [6, 6.07) is 8.98. The van der Waals surface area contributed by atoms with Crippen LogP contribution in [-0.2, 0) is 0 Å². The lowest BCUT2D eigenvalue weighted by molar-refractivity contribution is 0.924.